The Balaban J connectivity index is 1.80. The first-order valence-corrected chi connectivity index (χ1v) is 22.3. The van der Waals surface area contributed by atoms with Crippen LogP contribution in [0.4, 0.5) is 0 Å². The minimum atomic E-state index is -0.728. The number of nitro groups is 1. The third kappa shape index (κ3) is 19.3. The van der Waals surface area contributed by atoms with E-state index in [2.05, 4.69) is 61.2 Å². The van der Waals surface area contributed by atoms with Crippen LogP contribution in [0.25, 0.3) is 0 Å². The highest BCUT2D eigenvalue weighted by Crippen LogP contribution is 2.31. The Morgan fingerprint density at radius 1 is 0.763 bits per heavy atom. The third-order valence-corrected chi connectivity index (χ3v) is 11.2. The van der Waals surface area contributed by atoms with Crippen LogP contribution in [0.15, 0.2) is 81.9 Å². The highest BCUT2D eigenvalue weighted by atomic mass is 16.6. The van der Waals surface area contributed by atoms with Crippen molar-refractivity contribution in [3.05, 3.63) is 71.6 Å². The molecule has 0 saturated carbocycles. The quantitative estimate of drug-likeness (QED) is 0.0130. The van der Waals surface area contributed by atoms with Crippen molar-refractivity contribution in [3.8, 4) is 0 Å². The molecule has 3 aliphatic carbocycles. The molecule has 8 unspecified atom stereocenters. The molecule has 0 bridgehead atoms. The zero-order chi connectivity index (χ0) is 42.7. The van der Waals surface area contributed by atoms with Crippen LogP contribution >= 0.6 is 0 Å². The molecule has 3 aliphatic rings. The van der Waals surface area contributed by atoms with Gasteiger partial charge in [0.05, 0.1) is 24.8 Å². The molecule has 0 aromatic carbocycles. The maximum atomic E-state index is 11.7. The van der Waals surface area contributed by atoms with E-state index in [4.69, 9.17) is 29.2 Å². The van der Waals surface area contributed by atoms with Gasteiger partial charge >= 0.3 is 11.9 Å². The topological polar surface area (TPSA) is 167 Å². The maximum Gasteiger partial charge on any atom is 0.330 e. The van der Waals surface area contributed by atoms with Crippen LogP contribution < -0.4 is 0 Å². The number of hydrogen-bond donors (Lipinski definition) is 0. The molecule has 8 atom stereocenters. The molecule has 0 heterocycles. The highest BCUT2D eigenvalue weighted by molar-refractivity contribution is 5.81. The van der Waals surface area contributed by atoms with E-state index in [1.54, 1.807) is 12.2 Å². The van der Waals surface area contributed by atoms with Crippen molar-refractivity contribution in [1.82, 2.24) is 4.90 Å². The Morgan fingerprint density at radius 2 is 1.37 bits per heavy atom. The molecule has 0 spiro atoms. The summed E-state index contributed by atoms with van der Waals surface area (Å²) in [6, 6.07) is -1.90. The van der Waals surface area contributed by atoms with Crippen LogP contribution in [0, 0.1) is 16.0 Å². The number of carbonyl (C=O) groups is 2. The smallest absolute Gasteiger partial charge is 0.330 e. The molecule has 0 fully saturated rings. The average Bonchev–Trinajstić information content (AvgIpc) is 3.24. The van der Waals surface area contributed by atoms with Gasteiger partial charge in [-0.15, -0.1) is 0 Å². The van der Waals surface area contributed by atoms with Crippen LogP contribution in [-0.4, -0.2) is 104 Å². The number of azo groups is 2. The van der Waals surface area contributed by atoms with Crippen molar-refractivity contribution in [2.24, 2.45) is 26.4 Å². The van der Waals surface area contributed by atoms with Crippen molar-refractivity contribution in [2.45, 2.75) is 166 Å². The molecule has 0 radical (unpaired) electrons. The van der Waals surface area contributed by atoms with E-state index in [9.17, 15) is 19.7 Å². The van der Waals surface area contributed by atoms with Crippen LogP contribution in [0.3, 0.4) is 0 Å². The van der Waals surface area contributed by atoms with Gasteiger partial charge in [-0.25, -0.2) is 9.59 Å². The molecule has 14 nitrogen and oxygen atoms in total. The second-order valence-corrected chi connectivity index (χ2v) is 15.9. The van der Waals surface area contributed by atoms with Gasteiger partial charge in [0, 0.05) is 36.0 Å². The number of esters is 2. The second-order valence-electron chi connectivity index (χ2n) is 15.9. The van der Waals surface area contributed by atoms with Gasteiger partial charge in [0.25, 0.3) is 0 Å². The molecule has 0 aliphatic heterocycles. The number of hydrogen-bond acceptors (Lipinski definition) is 13. The fourth-order valence-corrected chi connectivity index (χ4v) is 7.62. The third-order valence-electron chi connectivity index (χ3n) is 11.2. The summed E-state index contributed by atoms with van der Waals surface area (Å²) in [6.45, 7) is 16.1. The van der Waals surface area contributed by atoms with E-state index in [0.29, 0.717) is 31.1 Å². The second kappa shape index (κ2) is 29.2. The molecule has 0 amide bonds. The van der Waals surface area contributed by atoms with Crippen LogP contribution in [0.1, 0.15) is 124 Å². The van der Waals surface area contributed by atoms with E-state index in [0.717, 1.165) is 31.7 Å². The molecule has 59 heavy (non-hydrogen) atoms. The number of rotatable bonds is 30. The molecule has 14 heteroatoms. The summed E-state index contributed by atoms with van der Waals surface area (Å²) in [5.41, 5.74) is 0. The minimum absolute atomic E-state index is 0.000758. The van der Waals surface area contributed by atoms with E-state index in [1.807, 2.05) is 6.08 Å². The largest absolute Gasteiger partial charge is 0.492 e. The molecule has 3 rings (SSSR count). The molecule has 0 saturated heterocycles. The van der Waals surface area contributed by atoms with Crippen LogP contribution in [0.5, 0.6) is 0 Å². The number of ether oxygens (including phenoxy) is 4. The molecular formula is C45H72N6O8. The fraction of sp³-hybridized carbons (Fsp3) is 0.733. The minimum Gasteiger partial charge on any atom is -0.492 e. The summed E-state index contributed by atoms with van der Waals surface area (Å²) < 4.78 is 22.7. The predicted octanol–water partition coefficient (Wildman–Crippen LogP) is 9.50. The molecule has 0 aromatic rings. The van der Waals surface area contributed by atoms with E-state index < -0.39 is 36.2 Å². The van der Waals surface area contributed by atoms with Gasteiger partial charge in [-0.1, -0.05) is 116 Å². The molecule has 0 aromatic heterocycles. The number of unbranched alkanes of at least 4 members (excludes halogenated alkanes) is 10. The Labute approximate surface area is 352 Å². The van der Waals surface area contributed by atoms with Gasteiger partial charge in [0.15, 0.2) is 0 Å². The first kappa shape index (κ1) is 49.3. The lowest BCUT2D eigenvalue weighted by Gasteiger charge is -2.36. The van der Waals surface area contributed by atoms with Gasteiger partial charge in [-0.2, -0.15) is 20.5 Å². The van der Waals surface area contributed by atoms with E-state index in [-0.39, 0.29) is 49.4 Å². The van der Waals surface area contributed by atoms with Crippen LogP contribution in [-0.2, 0) is 28.5 Å². The van der Waals surface area contributed by atoms with Crippen molar-refractivity contribution in [3.63, 3.8) is 0 Å². The molecular weight excluding hydrogens is 753 g/mol. The molecule has 0 N–H and O–H groups in total. The van der Waals surface area contributed by atoms with E-state index in [1.165, 1.54) is 77.0 Å². The Morgan fingerprint density at radius 3 is 1.95 bits per heavy atom. The van der Waals surface area contributed by atoms with Gasteiger partial charge < -0.3 is 18.9 Å². The average molecular weight is 825 g/mol. The number of nitrogens with zero attached hydrogens (tertiary/aromatic N) is 6. The first-order valence-electron chi connectivity index (χ1n) is 22.3. The summed E-state index contributed by atoms with van der Waals surface area (Å²) in [6.07, 6.45) is 29.0. The van der Waals surface area contributed by atoms with Gasteiger partial charge in [0.2, 0.25) is 6.04 Å². The highest BCUT2D eigenvalue weighted by Gasteiger charge is 2.35. The predicted molar refractivity (Wildman–Crippen MR) is 230 cm³/mol. The van der Waals surface area contributed by atoms with Crippen molar-refractivity contribution >= 4 is 11.9 Å². The van der Waals surface area contributed by atoms with Gasteiger partial charge in [-0.05, 0) is 56.8 Å². The SMILES string of the molecule is C=CC(=O)OCCOC1=CC(/N=N/C2C=CC(N(CCCCCCCC)CCCCCCCC)CC2C)C(OCCOC(=O)C=C)CC1/N=N/C1C=CC([N+](=O)[O-])CC1. The van der Waals surface area contributed by atoms with Crippen LogP contribution in [0.2, 0.25) is 0 Å². The lowest BCUT2D eigenvalue weighted by molar-refractivity contribution is -0.510. The van der Waals surface area contributed by atoms with Crippen molar-refractivity contribution < 1.29 is 33.5 Å². The Hall–Kier alpha value is -4.04. The van der Waals surface area contributed by atoms with Crippen molar-refractivity contribution in [1.29, 1.82) is 0 Å². The summed E-state index contributed by atoms with van der Waals surface area (Å²) >= 11 is 0. The summed E-state index contributed by atoms with van der Waals surface area (Å²) in [5.74, 6) is -0.338. The summed E-state index contributed by atoms with van der Waals surface area (Å²) in [4.78, 5) is 37.0. The standard InChI is InChI=1S/C45H72N6O8/c1-6-10-12-14-16-18-26-50(27-19-17-15-13-11-7-2)38-24-25-39(35(5)32-38)47-49-41-34-42(56-28-30-58-44(52)8-3)40(33-43(41)57-29-31-59-45(53)9-4)48-46-36-20-22-37(23-21-36)51(54)55/h8-9,20,22,24-25,34-41,43H,3-4,6-7,10-19,21,23,26-33H2,1-2,5H3/b48-46+,49-47+. The Kier molecular flexibility index (Phi) is 24.4. The lowest BCUT2D eigenvalue weighted by Crippen LogP contribution is -2.40. The number of carbonyl (C=O) groups excluding carboxylic acids is 2. The fourth-order valence-electron chi connectivity index (χ4n) is 7.62. The van der Waals surface area contributed by atoms with Gasteiger partial charge in [0.1, 0.15) is 37.7 Å². The first-order chi connectivity index (χ1) is 28.7. The van der Waals surface area contributed by atoms with Crippen molar-refractivity contribution in [2.75, 3.05) is 39.5 Å². The zero-order valence-electron chi connectivity index (χ0n) is 36.1. The lowest BCUT2D eigenvalue weighted by atomic mass is 9.87. The van der Waals surface area contributed by atoms with Gasteiger partial charge in [-0.3, -0.25) is 15.0 Å². The summed E-state index contributed by atoms with van der Waals surface area (Å²) in [5, 5.41) is 30.1. The molecule has 330 valence electrons. The maximum absolute atomic E-state index is 11.7. The Bertz CT molecular complexity index is 1420. The normalized spacial score (nSPS) is 25.6. The zero-order valence-corrected chi connectivity index (χ0v) is 36.1. The summed E-state index contributed by atoms with van der Waals surface area (Å²) in [7, 11) is 0. The monoisotopic (exact) mass is 825 g/mol. The van der Waals surface area contributed by atoms with E-state index >= 15 is 0 Å².